The maximum Gasteiger partial charge on any atom is 0.310 e. The highest BCUT2D eigenvalue weighted by Crippen LogP contribution is 2.34. The van der Waals surface area contributed by atoms with Crippen LogP contribution in [0.5, 0.6) is 0 Å². The van der Waals surface area contributed by atoms with Gasteiger partial charge < -0.3 is 14.2 Å². The van der Waals surface area contributed by atoms with Crippen LogP contribution in [0.4, 0.5) is 0 Å². The number of Topliss-reactive ketones (excluding diaryl/α,β-unsaturated/α-hetero) is 1. The van der Waals surface area contributed by atoms with Crippen LogP contribution in [0.3, 0.4) is 0 Å². The van der Waals surface area contributed by atoms with Crippen LogP contribution >= 0.6 is 0 Å². The minimum absolute atomic E-state index is 0.0518. The van der Waals surface area contributed by atoms with E-state index in [2.05, 4.69) is 0 Å². The van der Waals surface area contributed by atoms with E-state index in [0.717, 1.165) is 0 Å². The number of rotatable bonds is 5. The van der Waals surface area contributed by atoms with Crippen molar-refractivity contribution in [3.05, 3.63) is 23.2 Å². The molecule has 6 heteroatoms. The number of hydrogen-bond donors (Lipinski definition) is 0. The van der Waals surface area contributed by atoms with Gasteiger partial charge in [0.05, 0.1) is 13.0 Å². The average molecular weight is 310 g/mol. The lowest BCUT2D eigenvalue weighted by Crippen LogP contribution is -2.47. The van der Waals surface area contributed by atoms with Crippen molar-refractivity contribution in [2.24, 2.45) is 5.92 Å². The van der Waals surface area contributed by atoms with Crippen molar-refractivity contribution in [3.63, 3.8) is 0 Å². The van der Waals surface area contributed by atoms with Gasteiger partial charge in [0.1, 0.15) is 5.76 Å². The molecule has 0 unspecified atom stereocenters. The number of allylic oxidation sites excluding steroid dienone is 1. The Kier molecular flexibility index (Phi) is 5.52. The van der Waals surface area contributed by atoms with Crippen molar-refractivity contribution < 1.29 is 28.6 Å². The fraction of sp³-hybridized carbons (Fsp3) is 0.562. The Labute approximate surface area is 130 Å². The Morgan fingerprint density at radius 2 is 1.95 bits per heavy atom. The maximum absolute atomic E-state index is 12.6. The lowest BCUT2D eigenvalue weighted by atomic mass is 9.87. The van der Waals surface area contributed by atoms with Gasteiger partial charge in [-0.05, 0) is 20.3 Å². The molecule has 0 spiro atoms. The molecule has 1 rings (SSSR count). The van der Waals surface area contributed by atoms with Gasteiger partial charge in [-0.25, -0.2) is 0 Å². The number of ether oxygens (including phenoxy) is 3. The number of ketones is 1. The van der Waals surface area contributed by atoms with Gasteiger partial charge in [-0.15, -0.1) is 0 Å². The monoisotopic (exact) mass is 310 g/mol. The predicted molar refractivity (Wildman–Crippen MR) is 78.5 cm³/mol. The first-order valence-corrected chi connectivity index (χ1v) is 7.10. The first-order valence-electron chi connectivity index (χ1n) is 7.10. The van der Waals surface area contributed by atoms with Crippen LogP contribution in [-0.4, -0.2) is 30.4 Å². The van der Waals surface area contributed by atoms with E-state index in [4.69, 9.17) is 14.2 Å². The summed E-state index contributed by atoms with van der Waals surface area (Å²) in [4.78, 5) is 36.0. The van der Waals surface area contributed by atoms with Crippen LogP contribution in [-0.2, 0) is 28.6 Å². The molecule has 0 amide bonds. The summed E-state index contributed by atoms with van der Waals surface area (Å²) in [6, 6.07) is 0. The highest BCUT2D eigenvalue weighted by atomic mass is 16.6. The molecule has 0 N–H and O–H groups in total. The minimum atomic E-state index is -1.67. The molecule has 0 aromatic carbocycles. The summed E-state index contributed by atoms with van der Waals surface area (Å²) in [5, 5.41) is 0. The zero-order valence-electron chi connectivity index (χ0n) is 13.8. The smallest absolute Gasteiger partial charge is 0.310 e. The van der Waals surface area contributed by atoms with E-state index >= 15 is 0 Å². The van der Waals surface area contributed by atoms with Crippen molar-refractivity contribution in [2.45, 2.75) is 46.6 Å². The largest absolute Gasteiger partial charge is 0.496 e. The lowest BCUT2D eigenvalue weighted by Gasteiger charge is -2.33. The molecule has 0 aliphatic heterocycles. The molecule has 22 heavy (non-hydrogen) atoms. The summed E-state index contributed by atoms with van der Waals surface area (Å²) in [6.45, 7) is 7.74. The van der Waals surface area contributed by atoms with Crippen LogP contribution in [0.1, 0.15) is 41.0 Å². The summed E-state index contributed by atoms with van der Waals surface area (Å²) in [6.07, 6.45) is 1.98. The molecule has 0 aromatic rings. The van der Waals surface area contributed by atoms with Gasteiger partial charge in [0.2, 0.25) is 11.4 Å². The van der Waals surface area contributed by atoms with E-state index < -0.39 is 23.3 Å². The highest BCUT2D eigenvalue weighted by Gasteiger charge is 2.48. The molecule has 0 saturated carbocycles. The molecule has 0 saturated heterocycles. The number of carbonyl (C=O) groups excluding carboxylic acids is 3. The van der Waals surface area contributed by atoms with Crippen LogP contribution in [0, 0.1) is 5.92 Å². The number of esters is 2. The summed E-state index contributed by atoms with van der Waals surface area (Å²) in [7, 11) is 1.40. The molecule has 1 aliphatic carbocycles. The third kappa shape index (κ3) is 3.37. The molecule has 0 radical (unpaired) electrons. The Hall–Kier alpha value is -2.11. The third-order valence-corrected chi connectivity index (χ3v) is 3.67. The van der Waals surface area contributed by atoms with Crippen LogP contribution in [0.2, 0.25) is 0 Å². The van der Waals surface area contributed by atoms with Gasteiger partial charge in [0, 0.05) is 18.6 Å². The molecule has 0 heterocycles. The van der Waals surface area contributed by atoms with Gasteiger partial charge in [-0.1, -0.05) is 13.8 Å². The Morgan fingerprint density at radius 1 is 1.36 bits per heavy atom. The first kappa shape index (κ1) is 17.9. The predicted octanol–water partition coefficient (Wildman–Crippen LogP) is 2.28. The average Bonchev–Trinajstić information content (AvgIpc) is 2.46. The van der Waals surface area contributed by atoms with E-state index in [9.17, 15) is 14.4 Å². The van der Waals surface area contributed by atoms with Gasteiger partial charge in [0.15, 0.2) is 5.76 Å². The Balaban J connectivity index is 3.27. The Bertz CT molecular complexity index is 557. The fourth-order valence-corrected chi connectivity index (χ4v) is 2.01. The van der Waals surface area contributed by atoms with E-state index in [1.807, 2.05) is 6.92 Å². The van der Waals surface area contributed by atoms with Crippen molar-refractivity contribution >= 4 is 17.7 Å². The van der Waals surface area contributed by atoms with E-state index in [1.54, 1.807) is 13.8 Å². The number of hydrogen-bond acceptors (Lipinski definition) is 6. The maximum atomic E-state index is 12.6. The molecular formula is C16H22O6. The normalized spacial score (nSPS) is 22.8. The van der Waals surface area contributed by atoms with Gasteiger partial charge in [-0.2, -0.15) is 0 Å². The molecule has 2 atom stereocenters. The van der Waals surface area contributed by atoms with Gasteiger partial charge >= 0.3 is 11.9 Å². The van der Waals surface area contributed by atoms with Crippen LogP contribution in [0.15, 0.2) is 23.2 Å². The van der Waals surface area contributed by atoms with Gasteiger partial charge in [-0.3, -0.25) is 14.4 Å². The van der Waals surface area contributed by atoms with Crippen molar-refractivity contribution in [2.75, 3.05) is 7.11 Å². The number of methoxy groups -OCH3 is 1. The zero-order chi connectivity index (χ0) is 17.1. The molecule has 1 aliphatic rings. The minimum Gasteiger partial charge on any atom is -0.496 e. The molecule has 122 valence electrons. The molecule has 0 fully saturated rings. The molecule has 0 aromatic heterocycles. The van der Waals surface area contributed by atoms with Crippen molar-refractivity contribution in [1.82, 2.24) is 0 Å². The second-order valence-electron chi connectivity index (χ2n) is 5.39. The Morgan fingerprint density at radius 3 is 2.41 bits per heavy atom. The van der Waals surface area contributed by atoms with E-state index in [-0.39, 0.29) is 17.4 Å². The van der Waals surface area contributed by atoms with Gasteiger partial charge in [0.25, 0.3) is 0 Å². The molecular weight excluding hydrogens is 288 g/mol. The SMILES string of the molecule is CC[C@@H](C)C(=O)O[C@@]1(C)C(=O)C(C)=C(OC)C=C1OC(C)=O. The van der Waals surface area contributed by atoms with Crippen LogP contribution in [0.25, 0.3) is 0 Å². The molecule has 0 bridgehead atoms. The van der Waals surface area contributed by atoms with Crippen molar-refractivity contribution in [1.29, 1.82) is 0 Å². The molecule has 6 nitrogen and oxygen atoms in total. The van der Waals surface area contributed by atoms with E-state index in [0.29, 0.717) is 12.0 Å². The zero-order valence-corrected chi connectivity index (χ0v) is 13.8. The topological polar surface area (TPSA) is 78.9 Å². The third-order valence-electron chi connectivity index (χ3n) is 3.67. The second-order valence-corrected chi connectivity index (χ2v) is 5.39. The summed E-state index contributed by atoms with van der Waals surface area (Å²) < 4.78 is 15.6. The fourth-order valence-electron chi connectivity index (χ4n) is 2.01. The second kappa shape index (κ2) is 6.77. The standard InChI is InChI=1S/C16H22O6/c1-7-9(2)15(19)22-16(5)13(21-11(4)17)8-12(20-6)10(3)14(16)18/h8-9H,7H2,1-6H3/t9-,16-/m1/s1. The summed E-state index contributed by atoms with van der Waals surface area (Å²) in [5.74, 6) is -1.75. The van der Waals surface area contributed by atoms with Crippen LogP contribution < -0.4 is 0 Å². The summed E-state index contributed by atoms with van der Waals surface area (Å²) >= 11 is 0. The highest BCUT2D eigenvalue weighted by molar-refractivity contribution is 6.06. The number of carbonyl (C=O) groups is 3. The quantitative estimate of drug-likeness (QED) is 0.725. The van der Waals surface area contributed by atoms with Crippen molar-refractivity contribution in [3.8, 4) is 0 Å². The summed E-state index contributed by atoms with van der Waals surface area (Å²) in [5.41, 5.74) is -1.36. The first-order chi connectivity index (χ1) is 10.2. The van der Waals surface area contributed by atoms with E-state index in [1.165, 1.54) is 27.0 Å². The lowest BCUT2D eigenvalue weighted by molar-refractivity contribution is -0.170.